The minimum Gasteiger partial charge on any atom is -0.497 e. The van der Waals surface area contributed by atoms with E-state index in [9.17, 15) is 5.11 Å². The first-order chi connectivity index (χ1) is 10.1. The second-order valence-corrected chi connectivity index (χ2v) is 5.45. The van der Waals surface area contributed by atoms with Gasteiger partial charge in [-0.15, -0.1) is 0 Å². The van der Waals surface area contributed by atoms with Gasteiger partial charge < -0.3 is 14.7 Å². The van der Waals surface area contributed by atoms with Crippen molar-refractivity contribution in [3.05, 3.63) is 30.5 Å². The predicted molar refractivity (Wildman–Crippen MR) is 80.3 cm³/mol. The summed E-state index contributed by atoms with van der Waals surface area (Å²) >= 11 is 0. The molecule has 1 aliphatic heterocycles. The highest BCUT2D eigenvalue weighted by atomic mass is 16.5. The van der Waals surface area contributed by atoms with Gasteiger partial charge in [-0.25, -0.2) is 4.98 Å². The Labute approximate surface area is 123 Å². The summed E-state index contributed by atoms with van der Waals surface area (Å²) in [5.41, 5.74) is -0.933. The summed E-state index contributed by atoms with van der Waals surface area (Å²) in [5, 5.41) is 21.3. The fourth-order valence-electron chi connectivity index (χ4n) is 2.84. The van der Waals surface area contributed by atoms with E-state index in [4.69, 9.17) is 10.00 Å². The highest BCUT2D eigenvalue weighted by Crippen LogP contribution is 2.33. The highest BCUT2D eigenvalue weighted by Gasteiger charge is 2.36. The van der Waals surface area contributed by atoms with Gasteiger partial charge in [0.2, 0.25) is 0 Å². The molecule has 1 fully saturated rings. The van der Waals surface area contributed by atoms with Crippen LogP contribution in [0.15, 0.2) is 30.5 Å². The van der Waals surface area contributed by atoms with E-state index in [1.807, 2.05) is 29.2 Å². The Morgan fingerprint density at radius 3 is 3.10 bits per heavy atom. The molecule has 1 aromatic heterocycles. The second-order valence-electron chi connectivity index (χ2n) is 5.45. The maximum Gasteiger partial charge on any atom is 0.136 e. The molecule has 5 heteroatoms. The van der Waals surface area contributed by atoms with Crippen LogP contribution >= 0.6 is 0 Å². The summed E-state index contributed by atoms with van der Waals surface area (Å²) < 4.78 is 5.28. The molecule has 0 saturated carbocycles. The number of benzene rings is 1. The fourth-order valence-corrected chi connectivity index (χ4v) is 2.84. The quantitative estimate of drug-likeness (QED) is 0.934. The molecule has 0 amide bonds. The zero-order valence-corrected chi connectivity index (χ0v) is 11.9. The molecule has 1 N–H and O–H groups in total. The van der Waals surface area contributed by atoms with Gasteiger partial charge in [-0.2, -0.15) is 5.26 Å². The fraction of sp³-hybridized carbons (Fsp3) is 0.375. The van der Waals surface area contributed by atoms with Gasteiger partial charge in [-0.1, -0.05) is 6.07 Å². The standard InChI is InChI=1S/C16H17N3O2/c1-21-13-3-2-12-4-8-18-15(14(12)10-13)19-9-6-16(20,11-19)5-7-17/h2-4,8,10,20H,5-6,9,11H2,1H3. The Bertz CT molecular complexity index is 710. The number of ether oxygens (including phenoxy) is 1. The van der Waals surface area contributed by atoms with Crippen LogP contribution in [0.2, 0.25) is 0 Å². The van der Waals surface area contributed by atoms with Crippen molar-refractivity contribution in [3.8, 4) is 11.8 Å². The molecular formula is C16H17N3O2. The highest BCUT2D eigenvalue weighted by molar-refractivity contribution is 5.93. The summed E-state index contributed by atoms with van der Waals surface area (Å²) in [5.74, 6) is 1.61. The number of nitrogens with zero attached hydrogens (tertiary/aromatic N) is 3. The third kappa shape index (κ3) is 2.50. The van der Waals surface area contributed by atoms with Crippen LogP contribution in [-0.2, 0) is 0 Å². The Morgan fingerprint density at radius 2 is 2.33 bits per heavy atom. The molecule has 1 saturated heterocycles. The third-order valence-electron chi connectivity index (χ3n) is 3.99. The average molecular weight is 283 g/mol. The van der Waals surface area contributed by atoms with Crippen molar-refractivity contribution >= 4 is 16.6 Å². The maximum atomic E-state index is 10.4. The van der Waals surface area contributed by atoms with Gasteiger partial charge in [0.1, 0.15) is 11.6 Å². The van der Waals surface area contributed by atoms with Crippen molar-refractivity contribution in [2.75, 3.05) is 25.1 Å². The number of methoxy groups -OCH3 is 1. The zero-order valence-electron chi connectivity index (χ0n) is 11.9. The maximum absolute atomic E-state index is 10.4. The van der Waals surface area contributed by atoms with E-state index >= 15 is 0 Å². The largest absolute Gasteiger partial charge is 0.497 e. The Kier molecular flexibility index (Phi) is 3.40. The van der Waals surface area contributed by atoms with E-state index in [0.717, 1.165) is 22.3 Å². The monoisotopic (exact) mass is 283 g/mol. The summed E-state index contributed by atoms with van der Waals surface area (Å²) in [6.07, 6.45) is 2.51. The molecule has 1 unspecified atom stereocenters. The first kappa shape index (κ1) is 13.7. The number of pyridine rings is 1. The lowest BCUT2D eigenvalue weighted by Gasteiger charge is -2.22. The van der Waals surface area contributed by atoms with Crippen LogP contribution in [0.1, 0.15) is 12.8 Å². The summed E-state index contributed by atoms with van der Waals surface area (Å²) in [4.78, 5) is 6.51. The van der Waals surface area contributed by atoms with Crippen LogP contribution in [0.3, 0.4) is 0 Å². The van der Waals surface area contributed by atoms with Gasteiger partial charge in [0, 0.05) is 24.7 Å². The van der Waals surface area contributed by atoms with Crippen LogP contribution in [0.4, 0.5) is 5.82 Å². The summed E-state index contributed by atoms with van der Waals surface area (Å²) in [6, 6.07) is 9.89. The van der Waals surface area contributed by atoms with Crippen molar-refractivity contribution in [1.82, 2.24) is 4.98 Å². The lowest BCUT2D eigenvalue weighted by Crippen LogP contribution is -2.33. The van der Waals surface area contributed by atoms with E-state index in [2.05, 4.69) is 11.1 Å². The number of aliphatic hydroxyl groups is 1. The first-order valence-electron chi connectivity index (χ1n) is 6.92. The lowest BCUT2D eigenvalue weighted by atomic mass is 10.0. The van der Waals surface area contributed by atoms with Crippen LogP contribution in [-0.4, -0.2) is 35.9 Å². The van der Waals surface area contributed by atoms with Crippen LogP contribution in [0.25, 0.3) is 10.8 Å². The number of hydrogen-bond donors (Lipinski definition) is 1. The van der Waals surface area contributed by atoms with E-state index < -0.39 is 5.60 Å². The van der Waals surface area contributed by atoms with Crippen LogP contribution in [0, 0.1) is 11.3 Å². The van der Waals surface area contributed by atoms with Crippen LogP contribution in [0.5, 0.6) is 5.75 Å². The predicted octanol–water partition coefficient (Wildman–Crippen LogP) is 2.10. The molecule has 108 valence electrons. The Hall–Kier alpha value is -2.32. The van der Waals surface area contributed by atoms with Crippen molar-refractivity contribution in [1.29, 1.82) is 5.26 Å². The topological polar surface area (TPSA) is 69.4 Å². The minimum atomic E-state index is -0.933. The summed E-state index contributed by atoms with van der Waals surface area (Å²) in [7, 11) is 1.64. The molecule has 1 aliphatic rings. The van der Waals surface area contributed by atoms with Gasteiger partial charge in [-0.05, 0) is 30.0 Å². The second kappa shape index (κ2) is 5.23. The van der Waals surface area contributed by atoms with Gasteiger partial charge >= 0.3 is 0 Å². The summed E-state index contributed by atoms with van der Waals surface area (Å²) in [6.45, 7) is 1.13. The number of fused-ring (bicyclic) bond motifs is 1. The third-order valence-corrected chi connectivity index (χ3v) is 3.99. The van der Waals surface area contributed by atoms with Crippen LogP contribution < -0.4 is 9.64 Å². The smallest absolute Gasteiger partial charge is 0.136 e. The molecule has 2 heterocycles. The molecule has 0 radical (unpaired) electrons. The minimum absolute atomic E-state index is 0.150. The van der Waals surface area contributed by atoms with Crippen molar-refractivity contribution in [2.45, 2.75) is 18.4 Å². The van der Waals surface area contributed by atoms with Gasteiger partial charge in [0.15, 0.2) is 0 Å². The van der Waals surface area contributed by atoms with Gasteiger partial charge in [0.25, 0.3) is 0 Å². The number of anilines is 1. The van der Waals surface area contributed by atoms with Gasteiger partial charge in [-0.3, -0.25) is 0 Å². The van der Waals surface area contributed by atoms with E-state index in [1.54, 1.807) is 13.3 Å². The molecule has 0 bridgehead atoms. The Balaban J connectivity index is 2.00. The average Bonchev–Trinajstić information content (AvgIpc) is 2.88. The SMILES string of the molecule is COc1ccc2ccnc(N3CCC(O)(CC#N)C3)c2c1. The number of aromatic nitrogens is 1. The van der Waals surface area contributed by atoms with Crippen molar-refractivity contribution in [3.63, 3.8) is 0 Å². The van der Waals surface area contributed by atoms with Crippen molar-refractivity contribution in [2.24, 2.45) is 0 Å². The first-order valence-corrected chi connectivity index (χ1v) is 6.92. The number of hydrogen-bond acceptors (Lipinski definition) is 5. The molecule has 0 aliphatic carbocycles. The number of nitriles is 1. The molecule has 3 rings (SSSR count). The molecular weight excluding hydrogens is 266 g/mol. The molecule has 2 aromatic rings. The molecule has 0 spiro atoms. The van der Waals surface area contributed by atoms with Crippen molar-refractivity contribution < 1.29 is 9.84 Å². The van der Waals surface area contributed by atoms with Gasteiger partial charge in [0.05, 0.1) is 25.2 Å². The van der Waals surface area contributed by atoms with E-state index in [1.165, 1.54) is 0 Å². The van der Waals surface area contributed by atoms with E-state index in [-0.39, 0.29) is 6.42 Å². The lowest BCUT2D eigenvalue weighted by molar-refractivity contribution is 0.0683. The zero-order chi connectivity index (χ0) is 14.9. The molecule has 1 atom stereocenters. The number of rotatable bonds is 3. The van der Waals surface area contributed by atoms with E-state index in [0.29, 0.717) is 19.5 Å². The Morgan fingerprint density at radius 1 is 1.48 bits per heavy atom. The molecule has 21 heavy (non-hydrogen) atoms. The normalized spacial score (nSPS) is 21.5. The molecule has 5 nitrogen and oxygen atoms in total. The number of β-amino-alcohol motifs (C(OH)–C–C–N with tert-alkyl or cyclic N) is 1. The molecule has 1 aromatic carbocycles.